The molecule has 0 radical (unpaired) electrons. The van der Waals surface area contributed by atoms with E-state index < -0.39 is 6.04 Å². The molecule has 0 spiro atoms. The number of benzene rings is 2. The smallest absolute Gasteiger partial charge is 0.242 e. The Morgan fingerprint density at radius 3 is 2.45 bits per heavy atom. The zero-order chi connectivity index (χ0) is 21.2. The van der Waals surface area contributed by atoms with Gasteiger partial charge in [-0.05, 0) is 43.0 Å². The van der Waals surface area contributed by atoms with Crippen molar-refractivity contribution in [2.45, 2.75) is 52.6 Å². The zero-order valence-corrected chi connectivity index (χ0v) is 17.9. The van der Waals surface area contributed by atoms with Crippen molar-refractivity contribution in [3.05, 3.63) is 65.2 Å². The van der Waals surface area contributed by atoms with E-state index in [1.807, 2.05) is 69.3 Å². The van der Waals surface area contributed by atoms with Crippen LogP contribution >= 0.6 is 0 Å². The molecule has 0 saturated heterocycles. The van der Waals surface area contributed by atoms with Gasteiger partial charge >= 0.3 is 0 Å². The van der Waals surface area contributed by atoms with Crippen LogP contribution in [0.15, 0.2) is 48.5 Å². The van der Waals surface area contributed by atoms with Crippen LogP contribution in [0.1, 0.15) is 43.4 Å². The minimum atomic E-state index is -0.509. The molecule has 5 nitrogen and oxygen atoms in total. The standard InChI is InChI=1S/C24H32N2O3/c1-5-13-25-24(28)22(6-2)26(17-20-11-8-12-21(15-20)29-4)23(27)16-19-10-7-9-18(3)14-19/h7-12,14-15,22H,5-6,13,16-17H2,1-4H3,(H,25,28)/t22-/m1/s1. The minimum Gasteiger partial charge on any atom is -0.497 e. The van der Waals surface area contributed by atoms with Gasteiger partial charge in [-0.2, -0.15) is 0 Å². The lowest BCUT2D eigenvalue weighted by Gasteiger charge is -2.31. The van der Waals surface area contributed by atoms with Crippen LogP contribution in [0.4, 0.5) is 0 Å². The van der Waals surface area contributed by atoms with E-state index in [-0.39, 0.29) is 18.2 Å². The first-order valence-corrected chi connectivity index (χ1v) is 10.2. The molecule has 0 aromatic heterocycles. The van der Waals surface area contributed by atoms with Crippen molar-refractivity contribution in [2.75, 3.05) is 13.7 Å². The predicted molar refractivity (Wildman–Crippen MR) is 116 cm³/mol. The highest BCUT2D eigenvalue weighted by Gasteiger charge is 2.28. The molecule has 29 heavy (non-hydrogen) atoms. The summed E-state index contributed by atoms with van der Waals surface area (Å²) in [6.45, 7) is 6.93. The number of aryl methyl sites for hydroxylation is 1. The van der Waals surface area contributed by atoms with Gasteiger partial charge in [0.2, 0.25) is 11.8 Å². The maximum absolute atomic E-state index is 13.3. The fourth-order valence-corrected chi connectivity index (χ4v) is 3.35. The third-order valence-electron chi connectivity index (χ3n) is 4.86. The van der Waals surface area contributed by atoms with Crippen molar-refractivity contribution in [3.63, 3.8) is 0 Å². The highest BCUT2D eigenvalue weighted by Crippen LogP contribution is 2.18. The molecule has 0 heterocycles. The highest BCUT2D eigenvalue weighted by molar-refractivity contribution is 5.88. The van der Waals surface area contributed by atoms with Gasteiger partial charge < -0.3 is 15.0 Å². The van der Waals surface area contributed by atoms with Gasteiger partial charge in [-0.15, -0.1) is 0 Å². The van der Waals surface area contributed by atoms with E-state index in [9.17, 15) is 9.59 Å². The number of nitrogens with zero attached hydrogens (tertiary/aromatic N) is 1. The Morgan fingerprint density at radius 2 is 1.79 bits per heavy atom. The molecule has 0 fully saturated rings. The van der Waals surface area contributed by atoms with Crippen LogP contribution in [-0.4, -0.2) is 36.4 Å². The Labute approximate surface area is 174 Å². The molecule has 0 saturated carbocycles. The van der Waals surface area contributed by atoms with Crippen molar-refractivity contribution in [3.8, 4) is 5.75 Å². The maximum atomic E-state index is 13.3. The second-order valence-corrected chi connectivity index (χ2v) is 7.25. The summed E-state index contributed by atoms with van der Waals surface area (Å²) in [7, 11) is 1.62. The summed E-state index contributed by atoms with van der Waals surface area (Å²) < 4.78 is 5.31. The Balaban J connectivity index is 2.29. The van der Waals surface area contributed by atoms with E-state index in [4.69, 9.17) is 4.74 Å². The molecule has 0 unspecified atom stereocenters. The van der Waals surface area contributed by atoms with Crippen molar-refractivity contribution < 1.29 is 14.3 Å². The molecular formula is C24H32N2O3. The summed E-state index contributed by atoms with van der Waals surface area (Å²) in [6.07, 6.45) is 1.68. The lowest BCUT2D eigenvalue weighted by Crippen LogP contribution is -2.49. The summed E-state index contributed by atoms with van der Waals surface area (Å²) in [6, 6.07) is 15.0. The van der Waals surface area contributed by atoms with Crippen molar-refractivity contribution >= 4 is 11.8 Å². The van der Waals surface area contributed by atoms with Crippen molar-refractivity contribution in [1.82, 2.24) is 10.2 Å². The molecule has 0 bridgehead atoms. The Hall–Kier alpha value is -2.82. The zero-order valence-electron chi connectivity index (χ0n) is 17.9. The first-order chi connectivity index (χ1) is 14.0. The van der Waals surface area contributed by atoms with E-state index in [0.717, 1.165) is 28.9 Å². The van der Waals surface area contributed by atoms with Crippen LogP contribution in [0.3, 0.4) is 0 Å². The minimum absolute atomic E-state index is 0.0584. The summed E-state index contributed by atoms with van der Waals surface area (Å²) in [5.74, 6) is 0.573. The molecule has 1 N–H and O–H groups in total. The van der Waals surface area contributed by atoms with E-state index in [2.05, 4.69) is 5.32 Å². The van der Waals surface area contributed by atoms with Gasteiger partial charge in [-0.25, -0.2) is 0 Å². The molecule has 2 aromatic carbocycles. The van der Waals surface area contributed by atoms with Crippen molar-refractivity contribution in [1.29, 1.82) is 0 Å². The lowest BCUT2D eigenvalue weighted by atomic mass is 10.0. The number of hydrogen-bond donors (Lipinski definition) is 1. The quantitative estimate of drug-likeness (QED) is 0.663. The Morgan fingerprint density at radius 1 is 1.07 bits per heavy atom. The molecule has 5 heteroatoms. The predicted octanol–water partition coefficient (Wildman–Crippen LogP) is 3.88. The molecule has 2 amide bonds. The van der Waals surface area contributed by atoms with Crippen LogP contribution < -0.4 is 10.1 Å². The van der Waals surface area contributed by atoms with E-state index in [1.165, 1.54) is 0 Å². The second kappa shape index (κ2) is 11.2. The van der Waals surface area contributed by atoms with Gasteiger partial charge in [-0.3, -0.25) is 9.59 Å². The fraction of sp³-hybridized carbons (Fsp3) is 0.417. The summed E-state index contributed by atoms with van der Waals surface area (Å²) >= 11 is 0. The number of nitrogens with one attached hydrogen (secondary N) is 1. The third-order valence-corrected chi connectivity index (χ3v) is 4.86. The molecule has 1 atom stereocenters. The lowest BCUT2D eigenvalue weighted by molar-refractivity contribution is -0.140. The highest BCUT2D eigenvalue weighted by atomic mass is 16.5. The second-order valence-electron chi connectivity index (χ2n) is 7.25. The van der Waals surface area contributed by atoms with Gasteiger partial charge in [0.1, 0.15) is 11.8 Å². The van der Waals surface area contributed by atoms with Crippen molar-refractivity contribution in [2.24, 2.45) is 0 Å². The Bertz CT molecular complexity index is 819. The van der Waals surface area contributed by atoms with Gasteiger partial charge in [-0.1, -0.05) is 55.8 Å². The number of ether oxygens (including phenoxy) is 1. The average Bonchev–Trinajstić information content (AvgIpc) is 2.72. The molecule has 0 aliphatic heterocycles. The van der Waals surface area contributed by atoms with E-state index in [0.29, 0.717) is 19.5 Å². The van der Waals surface area contributed by atoms with Gasteiger partial charge in [0.05, 0.1) is 13.5 Å². The topological polar surface area (TPSA) is 58.6 Å². The first kappa shape index (κ1) is 22.5. The molecular weight excluding hydrogens is 364 g/mol. The number of methoxy groups -OCH3 is 1. The molecule has 0 aliphatic carbocycles. The largest absolute Gasteiger partial charge is 0.497 e. The van der Waals surface area contributed by atoms with Gasteiger partial charge in [0.15, 0.2) is 0 Å². The number of carbonyl (C=O) groups excluding carboxylic acids is 2. The van der Waals surface area contributed by atoms with Gasteiger partial charge in [0.25, 0.3) is 0 Å². The number of amides is 2. The first-order valence-electron chi connectivity index (χ1n) is 10.2. The maximum Gasteiger partial charge on any atom is 0.242 e. The molecule has 156 valence electrons. The summed E-state index contributed by atoms with van der Waals surface area (Å²) in [5, 5.41) is 2.94. The van der Waals surface area contributed by atoms with Crippen LogP contribution in [0.5, 0.6) is 5.75 Å². The van der Waals surface area contributed by atoms with Gasteiger partial charge in [0, 0.05) is 13.1 Å². The summed E-state index contributed by atoms with van der Waals surface area (Å²) in [4.78, 5) is 27.7. The van der Waals surface area contributed by atoms with E-state index in [1.54, 1.807) is 12.0 Å². The number of rotatable bonds is 10. The molecule has 0 aliphatic rings. The SMILES string of the molecule is CCCNC(=O)[C@@H](CC)N(Cc1cccc(OC)c1)C(=O)Cc1cccc(C)c1. The number of hydrogen-bond acceptors (Lipinski definition) is 3. The normalized spacial score (nSPS) is 11.6. The Kier molecular flexibility index (Phi) is 8.71. The summed E-state index contributed by atoms with van der Waals surface area (Å²) in [5.41, 5.74) is 3.00. The molecule has 2 aromatic rings. The average molecular weight is 397 g/mol. The van der Waals surface area contributed by atoms with Crippen LogP contribution in [-0.2, 0) is 22.6 Å². The molecule has 2 rings (SSSR count). The van der Waals surface area contributed by atoms with E-state index >= 15 is 0 Å². The van der Waals surface area contributed by atoms with Crippen LogP contribution in [0.2, 0.25) is 0 Å². The fourth-order valence-electron chi connectivity index (χ4n) is 3.35. The van der Waals surface area contributed by atoms with Crippen LogP contribution in [0.25, 0.3) is 0 Å². The monoisotopic (exact) mass is 396 g/mol. The number of carbonyl (C=O) groups is 2. The van der Waals surface area contributed by atoms with Crippen LogP contribution in [0, 0.1) is 6.92 Å². The third kappa shape index (κ3) is 6.63.